The standard InChI is InChI=1S/C13H16BrNO5S/c1-15(8-9-3-2-6-20-9)21(18,19)10-4-5-12(14)11(7-10)13(16)17/h4-5,7,9H,2-3,6,8H2,1H3,(H,16,17). The number of halogens is 1. The number of carbonyl (C=O) groups is 1. The number of hydrogen-bond acceptors (Lipinski definition) is 4. The molecule has 1 aliphatic heterocycles. The molecule has 6 nitrogen and oxygen atoms in total. The molecule has 0 spiro atoms. The number of carboxylic acids is 1. The lowest BCUT2D eigenvalue weighted by Gasteiger charge is -2.20. The zero-order valence-electron chi connectivity index (χ0n) is 11.5. The quantitative estimate of drug-likeness (QED) is 0.847. The van der Waals surface area contributed by atoms with Crippen molar-refractivity contribution >= 4 is 31.9 Å². The fraction of sp³-hybridized carbons (Fsp3) is 0.462. The van der Waals surface area contributed by atoms with Gasteiger partial charge in [-0.3, -0.25) is 0 Å². The lowest BCUT2D eigenvalue weighted by molar-refractivity contribution is 0.0695. The number of carboxylic acid groups (broad SMARTS) is 1. The van der Waals surface area contributed by atoms with E-state index in [2.05, 4.69) is 15.9 Å². The lowest BCUT2D eigenvalue weighted by atomic mass is 10.2. The summed E-state index contributed by atoms with van der Waals surface area (Å²) in [7, 11) is -2.26. The summed E-state index contributed by atoms with van der Waals surface area (Å²) in [5, 5.41) is 9.07. The van der Waals surface area contributed by atoms with Gasteiger partial charge >= 0.3 is 5.97 Å². The predicted molar refractivity (Wildman–Crippen MR) is 79.9 cm³/mol. The van der Waals surface area contributed by atoms with Gasteiger partial charge in [-0.1, -0.05) is 0 Å². The minimum absolute atomic E-state index is 0.0383. The van der Waals surface area contributed by atoms with Gasteiger partial charge in [-0.2, -0.15) is 4.31 Å². The highest BCUT2D eigenvalue weighted by atomic mass is 79.9. The summed E-state index contributed by atoms with van der Waals surface area (Å²) in [4.78, 5) is 11.1. The molecule has 1 heterocycles. The average Bonchev–Trinajstić information content (AvgIpc) is 2.91. The van der Waals surface area contributed by atoms with Gasteiger partial charge in [0.05, 0.1) is 16.6 Å². The molecule has 0 radical (unpaired) electrons. The molecule has 0 saturated carbocycles. The van der Waals surface area contributed by atoms with E-state index in [0.717, 1.165) is 18.9 Å². The molecule has 21 heavy (non-hydrogen) atoms. The van der Waals surface area contributed by atoms with Gasteiger partial charge in [0.2, 0.25) is 10.0 Å². The first-order chi connectivity index (χ1) is 9.82. The molecule has 8 heteroatoms. The summed E-state index contributed by atoms with van der Waals surface area (Å²) in [5.74, 6) is -1.18. The molecule has 1 aromatic carbocycles. The molecule has 1 saturated heterocycles. The van der Waals surface area contributed by atoms with Gasteiger partial charge in [0, 0.05) is 24.7 Å². The van der Waals surface area contributed by atoms with Crippen LogP contribution in [0.2, 0.25) is 0 Å². The monoisotopic (exact) mass is 377 g/mol. The molecule has 0 bridgehead atoms. The van der Waals surface area contributed by atoms with E-state index in [1.807, 2.05) is 0 Å². The second-order valence-electron chi connectivity index (χ2n) is 4.87. The Bertz CT molecular complexity index is 640. The van der Waals surface area contributed by atoms with Crippen LogP contribution in [0.3, 0.4) is 0 Å². The van der Waals surface area contributed by atoms with Crippen LogP contribution >= 0.6 is 15.9 Å². The number of ether oxygens (including phenoxy) is 1. The number of likely N-dealkylation sites (N-methyl/N-ethyl adjacent to an activating group) is 1. The van der Waals surface area contributed by atoms with E-state index in [1.54, 1.807) is 0 Å². The molecule has 0 aromatic heterocycles. The van der Waals surface area contributed by atoms with Crippen LogP contribution in [0.15, 0.2) is 27.6 Å². The van der Waals surface area contributed by atoms with Crippen LogP contribution in [-0.2, 0) is 14.8 Å². The Kier molecular flexibility index (Phi) is 5.03. The Labute approximate surface area is 131 Å². The number of sulfonamides is 1. The van der Waals surface area contributed by atoms with Crippen LogP contribution < -0.4 is 0 Å². The highest BCUT2D eigenvalue weighted by molar-refractivity contribution is 9.10. The van der Waals surface area contributed by atoms with E-state index in [4.69, 9.17) is 9.84 Å². The fourth-order valence-electron chi connectivity index (χ4n) is 2.18. The summed E-state index contributed by atoms with van der Waals surface area (Å²) >= 11 is 3.10. The molecular formula is C13H16BrNO5S. The van der Waals surface area contributed by atoms with Crippen molar-refractivity contribution in [3.8, 4) is 0 Å². The number of rotatable bonds is 5. The van der Waals surface area contributed by atoms with Gasteiger partial charge in [0.15, 0.2) is 0 Å². The van der Waals surface area contributed by atoms with Gasteiger partial charge in [-0.25, -0.2) is 13.2 Å². The first-order valence-corrected chi connectivity index (χ1v) is 8.66. The van der Waals surface area contributed by atoms with Gasteiger partial charge < -0.3 is 9.84 Å². The summed E-state index contributed by atoms with van der Waals surface area (Å²) < 4.78 is 31.9. The molecule has 0 aliphatic carbocycles. The number of aromatic carboxylic acids is 1. The summed E-state index contributed by atoms with van der Waals surface area (Å²) in [6.45, 7) is 0.917. The maximum absolute atomic E-state index is 12.5. The molecule has 1 unspecified atom stereocenters. The van der Waals surface area contributed by atoms with Gasteiger partial charge in [0.1, 0.15) is 0 Å². The molecular weight excluding hydrogens is 362 g/mol. The summed E-state index contributed by atoms with van der Waals surface area (Å²) in [5.41, 5.74) is -0.0819. The minimum Gasteiger partial charge on any atom is -0.478 e. The average molecular weight is 378 g/mol. The maximum Gasteiger partial charge on any atom is 0.336 e. The first kappa shape index (κ1) is 16.4. The predicted octanol–water partition coefficient (Wildman–Crippen LogP) is 1.95. The van der Waals surface area contributed by atoms with Crippen molar-refractivity contribution in [2.45, 2.75) is 23.8 Å². The largest absolute Gasteiger partial charge is 0.478 e. The maximum atomic E-state index is 12.5. The topological polar surface area (TPSA) is 83.9 Å². The molecule has 116 valence electrons. The third-order valence-electron chi connectivity index (χ3n) is 3.36. The number of nitrogens with zero attached hydrogens (tertiary/aromatic N) is 1. The molecule has 1 atom stereocenters. The number of hydrogen-bond donors (Lipinski definition) is 1. The van der Waals surface area contributed by atoms with Crippen molar-refractivity contribution in [3.05, 3.63) is 28.2 Å². The van der Waals surface area contributed by atoms with Crippen LogP contribution in [0.5, 0.6) is 0 Å². The van der Waals surface area contributed by atoms with Gasteiger partial charge in [-0.15, -0.1) is 0 Å². The third-order valence-corrected chi connectivity index (χ3v) is 5.87. The van der Waals surface area contributed by atoms with E-state index in [0.29, 0.717) is 11.1 Å². The second-order valence-corrected chi connectivity index (χ2v) is 7.77. The van der Waals surface area contributed by atoms with Crippen molar-refractivity contribution in [1.82, 2.24) is 4.31 Å². The molecule has 1 fully saturated rings. The van der Waals surface area contributed by atoms with Crippen molar-refractivity contribution in [2.75, 3.05) is 20.2 Å². The van der Waals surface area contributed by atoms with E-state index in [9.17, 15) is 13.2 Å². The van der Waals surface area contributed by atoms with Crippen LogP contribution in [-0.4, -0.2) is 50.1 Å². The van der Waals surface area contributed by atoms with Crippen molar-refractivity contribution in [3.63, 3.8) is 0 Å². The Balaban J connectivity index is 2.26. The molecule has 1 N–H and O–H groups in total. The first-order valence-electron chi connectivity index (χ1n) is 6.43. The Morgan fingerprint density at radius 3 is 2.81 bits per heavy atom. The van der Waals surface area contributed by atoms with Crippen LogP contribution in [0.25, 0.3) is 0 Å². The smallest absolute Gasteiger partial charge is 0.336 e. The van der Waals surface area contributed by atoms with Crippen LogP contribution in [0.1, 0.15) is 23.2 Å². The normalized spacial score (nSPS) is 19.1. The van der Waals surface area contributed by atoms with E-state index < -0.39 is 16.0 Å². The van der Waals surface area contributed by atoms with Gasteiger partial charge in [-0.05, 0) is 47.0 Å². The molecule has 1 aliphatic rings. The third kappa shape index (κ3) is 3.63. The second kappa shape index (κ2) is 6.43. The Morgan fingerprint density at radius 1 is 1.52 bits per heavy atom. The fourth-order valence-corrected chi connectivity index (χ4v) is 3.83. The minimum atomic E-state index is -3.73. The summed E-state index contributed by atoms with van der Waals surface area (Å²) in [6.07, 6.45) is 1.67. The van der Waals surface area contributed by atoms with Crippen LogP contribution in [0.4, 0.5) is 0 Å². The molecule has 1 aromatic rings. The highest BCUT2D eigenvalue weighted by Gasteiger charge is 2.27. The summed E-state index contributed by atoms with van der Waals surface area (Å²) in [6, 6.07) is 3.97. The van der Waals surface area contributed by atoms with Crippen molar-refractivity contribution in [2.24, 2.45) is 0 Å². The Morgan fingerprint density at radius 2 is 2.24 bits per heavy atom. The van der Waals surface area contributed by atoms with E-state index in [-0.39, 0.29) is 23.1 Å². The molecule has 2 rings (SSSR count). The van der Waals surface area contributed by atoms with Crippen molar-refractivity contribution < 1.29 is 23.1 Å². The van der Waals surface area contributed by atoms with Gasteiger partial charge in [0.25, 0.3) is 0 Å². The lowest BCUT2D eigenvalue weighted by Crippen LogP contribution is -2.34. The SMILES string of the molecule is CN(CC1CCCO1)S(=O)(=O)c1ccc(Br)c(C(=O)O)c1. The zero-order valence-corrected chi connectivity index (χ0v) is 13.9. The molecule has 0 amide bonds. The van der Waals surface area contributed by atoms with Crippen LogP contribution in [0, 0.1) is 0 Å². The Hall–Kier alpha value is -0.960. The van der Waals surface area contributed by atoms with E-state index >= 15 is 0 Å². The van der Waals surface area contributed by atoms with Crippen molar-refractivity contribution in [1.29, 1.82) is 0 Å². The number of benzene rings is 1. The van der Waals surface area contributed by atoms with E-state index in [1.165, 1.54) is 23.5 Å². The highest BCUT2D eigenvalue weighted by Crippen LogP contribution is 2.24. The zero-order chi connectivity index (χ0) is 15.6.